The first-order valence-corrected chi connectivity index (χ1v) is 11.3. The average molecular weight is 466 g/mol. The van der Waals surface area contributed by atoms with Gasteiger partial charge in [-0.25, -0.2) is 4.79 Å². The normalized spacial score (nSPS) is 15.4. The number of hydrogen-bond acceptors (Lipinski definition) is 5. The summed E-state index contributed by atoms with van der Waals surface area (Å²) in [6.45, 7) is 1.21. The summed E-state index contributed by atoms with van der Waals surface area (Å²) in [6, 6.07) is 14.5. The smallest absolute Gasteiger partial charge is 0.407 e. The van der Waals surface area contributed by atoms with Crippen molar-refractivity contribution in [3.63, 3.8) is 0 Å². The zero-order valence-electron chi connectivity index (χ0n) is 18.7. The fourth-order valence-electron chi connectivity index (χ4n) is 4.54. The molecule has 1 fully saturated rings. The van der Waals surface area contributed by atoms with Crippen LogP contribution >= 0.6 is 0 Å². The zero-order chi connectivity index (χ0) is 24.1. The highest BCUT2D eigenvalue weighted by atomic mass is 16.5. The maximum absolute atomic E-state index is 12.5. The second-order valence-corrected chi connectivity index (χ2v) is 8.40. The van der Waals surface area contributed by atoms with Crippen LogP contribution in [-0.2, 0) is 19.1 Å². The van der Waals surface area contributed by atoms with Crippen molar-refractivity contribution in [2.24, 2.45) is 0 Å². The molecule has 1 heterocycles. The lowest BCUT2D eigenvalue weighted by molar-refractivity contribution is -0.139. The Balaban J connectivity index is 1.33. The minimum Gasteiger partial charge on any atom is -0.481 e. The van der Waals surface area contributed by atoms with Gasteiger partial charge in [0, 0.05) is 32.0 Å². The number of carboxylic acids is 1. The van der Waals surface area contributed by atoms with Crippen LogP contribution in [0.1, 0.15) is 36.3 Å². The molecule has 4 rings (SSSR count). The predicted octanol–water partition coefficient (Wildman–Crippen LogP) is 2.11. The first-order chi connectivity index (χ1) is 16.4. The van der Waals surface area contributed by atoms with Gasteiger partial charge in [-0.1, -0.05) is 48.5 Å². The summed E-state index contributed by atoms with van der Waals surface area (Å²) in [6.07, 6.45) is -0.159. The molecule has 0 spiro atoms. The number of amides is 3. The second kappa shape index (κ2) is 10.4. The number of ether oxygens (including phenoxy) is 1. The number of rotatable bonds is 9. The number of carbonyl (C=O) groups is 4. The molecular weight excluding hydrogens is 438 g/mol. The van der Waals surface area contributed by atoms with Gasteiger partial charge in [0.05, 0.1) is 6.42 Å². The van der Waals surface area contributed by atoms with Gasteiger partial charge in [-0.2, -0.15) is 0 Å². The number of nitrogens with one attached hydrogen (secondary N) is 2. The van der Waals surface area contributed by atoms with Crippen molar-refractivity contribution >= 4 is 23.9 Å². The predicted molar refractivity (Wildman–Crippen MR) is 123 cm³/mol. The van der Waals surface area contributed by atoms with Gasteiger partial charge in [0.1, 0.15) is 12.6 Å². The number of likely N-dealkylation sites (tertiary alicyclic amines) is 1. The van der Waals surface area contributed by atoms with Crippen LogP contribution < -0.4 is 10.6 Å². The van der Waals surface area contributed by atoms with E-state index >= 15 is 0 Å². The van der Waals surface area contributed by atoms with Crippen LogP contribution in [0.25, 0.3) is 11.1 Å². The van der Waals surface area contributed by atoms with Crippen molar-refractivity contribution in [2.75, 3.05) is 26.2 Å². The molecule has 1 aliphatic heterocycles. The summed E-state index contributed by atoms with van der Waals surface area (Å²) in [4.78, 5) is 49.6. The van der Waals surface area contributed by atoms with E-state index in [0.717, 1.165) is 28.7 Å². The molecule has 1 saturated heterocycles. The van der Waals surface area contributed by atoms with Crippen molar-refractivity contribution < 1.29 is 29.0 Å². The third-order valence-electron chi connectivity index (χ3n) is 6.18. The molecule has 2 aromatic carbocycles. The molecule has 3 amide bonds. The lowest BCUT2D eigenvalue weighted by atomic mass is 9.98. The van der Waals surface area contributed by atoms with Crippen LogP contribution in [0.15, 0.2) is 48.5 Å². The van der Waals surface area contributed by atoms with Gasteiger partial charge >= 0.3 is 12.1 Å². The Morgan fingerprint density at radius 3 is 2.29 bits per heavy atom. The lowest BCUT2D eigenvalue weighted by Gasteiger charge is -2.20. The standard InChI is InChI=1S/C25H27N3O6/c29-22-10-5-12-28(22)13-11-26-24(32)21(14-23(30)31)27-25(33)34-15-20-18-8-3-1-6-16(18)17-7-2-4-9-19(17)20/h1-4,6-9,20-21H,5,10-15H2,(H,26,32)(H,27,33)(H,30,31). The number of alkyl carbamates (subject to hydrolysis) is 1. The van der Waals surface area contributed by atoms with E-state index in [1.54, 1.807) is 4.90 Å². The highest BCUT2D eigenvalue weighted by molar-refractivity contribution is 5.89. The topological polar surface area (TPSA) is 125 Å². The van der Waals surface area contributed by atoms with Crippen LogP contribution in [0.3, 0.4) is 0 Å². The first-order valence-electron chi connectivity index (χ1n) is 11.3. The number of carboxylic acid groups (broad SMARTS) is 1. The molecule has 0 bridgehead atoms. The summed E-state index contributed by atoms with van der Waals surface area (Å²) >= 11 is 0. The van der Waals surface area contributed by atoms with Crippen LogP contribution in [-0.4, -0.2) is 66.2 Å². The first kappa shape index (κ1) is 23.3. The molecule has 0 saturated carbocycles. The van der Waals surface area contributed by atoms with Gasteiger partial charge in [0.2, 0.25) is 11.8 Å². The maximum atomic E-state index is 12.5. The summed E-state index contributed by atoms with van der Waals surface area (Å²) in [5, 5.41) is 14.1. The molecular formula is C25H27N3O6. The highest BCUT2D eigenvalue weighted by Gasteiger charge is 2.30. The van der Waals surface area contributed by atoms with Crippen LogP contribution in [0.2, 0.25) is 0 Å². The van der Waals surface area contributed by atoms with Gasteiger partial charge in [-0.15, -0.1) is 0 Å². The number of hydrogen-bond donors (Lipinski definition) is 3. The van der Waals surface area contributed by atoms with Gasteiger partial charge in [-0.05, 0) is 28.7 Å². The van der Waals surface area contributed by atoms with Crippen molar-refractivity contribution in [1.82, 2.24) is 15.5 Å². The van der Waals surface area contributed by atoms with E-state index in [1.165, 1.54) is 0 Å². The molecule has 1 aliphatic carbocycles. The van der Waals surface area contributed by atoms with E-state index in [4.69, 9.17) is 4.74 Å². The molecule has 1 atom stereocenters. The number of aliphatic carboxylic acids is 1. The van der Waals surface area contributed by atoms with E-state index in [-0.39, 0.29) is 25.0 Å². The quantitative estimate of drug-likeness (QED) is 0.521. The number of nitrogens with zero attached hydrogens (tertiary/aromatic N) is 1. The maximum Gasteiger partial charge on any atom is 0.407 e. The monoisotopic (exact) mass is 465 g/mol. The second-order valence-electron chi connectivity index (χ2n) is 8.40. The summed E-state index contributed by atoms with van der Waals surface area (Å²) in [5.74, 6) is -1.98. The fourth-order valence-corrected chi connectivity index (χ4v) is 4.54. The molecule has 2 aromatic rings. The third kappa shape index (κ3) is 5.19. The van der Waals surface area contributed by atoms with Crippen molar-refractivity contribution in [2.45, 2.75) is 31.2 Å². The van der Waals surface area contributed by atoms with Gasteiger partial charge in [0.25, 0.3) is 0 Å². The SMILES string of the molecule is O=C(O)CC(NC(=O)OCC1c2ccccc2-c2ccccc21)C(=O)NCCN1CCCC1=O. The Kier molecular flexibility index (Phi) is 7.10. The van der Waals surface area contributed by atoms with Gasteiger partial charge in [-0.3, -0.25) is 14.4 Å². The van der Waals surface area contributed by atoms with E-state index in [2.05, 4.69) is 10.6 Å². The number of carbonyl (C=O) groups excluding carboxylic acids is 3. The molecule has 0 radical (unpaired) electrons. The fraction of sp³-hybridized carbons (Fsp3) is 0.360. The molecule has 2 aliphatic rings. The van der Waals surface area contributed by atoms with E-state index in [1.807, 2.05) is 48.5 Å². The van der Waals surface area contributed by atoms with Crippen LogP contribution in [0, 0.1) is 0 Å². The summed E-state index contributed by atoms with van der Waals surface area (Å²) < 4.78 is 5.43. The average Bonchev–Trinajstić information content (AvgIpc) is 3.37. The zero-order valence-corrected chi connectivity index (χ0v) is 18.7. The molecule has 3 N–H and O–H groups in total. The molecule has 34 heavy (non-hydrogen) atoms. The summed E-state index contributed by atoms with van der Waals surface area (Å²) in [5.41, 5.74) is 4.28. The Morgan fingerprint density at radius 2 is 1.71 bits per heavy atom. The minimum absolute atomic E-state index is 0.0353. The Hall–Kier alpha value is -3.88. The Labute approximate surface area is 197 Å². The minimum atomic E-state index is -1.29. The molecule has 9 heteroatoms. The van der Waals surface area contributed by atoms with E-state index in [9.17, 15) is 24.3 Å². The van der Waals surface area contributed by atoms with Crippen molar-refractivity contribution in [3.05, 3.63) is 59.7 Å². The Morgan fingerprint density at radius 1 is 1.06 bits per heavy atom. The van der Waals surface area contributed by atoms with Crippen LogP contribution in [0.5, 0.6) is 0 Å². The van der Waals surface area contributed by atoms with Gasteiger partial charge < -0.3 is 25.4 Å². The van der Waals surface area contributed by atoms with Crippen molar-refractivity contribution in [1.29, 1.82) is 0 Å². The molecule has 0 aromatic heterocycles. The molecule has 9 nitrogen and oxygen atoms in total. The van der Waals surface area contributed by atoms with Gasteiger partial charge in [0.15, 0.2) is 0 Å². The lowest BCUT2D eigenvalue weighted by Crippen LogP contribution is -2.49. The number of benzene rings is 2. The Bertz CT molecular complexity index is 1060. The van der Waals surface area contributed by atoms with Crippen molar-refractivity contribution in [3.8, 4) is 11.1 Å². The largest absolute Gasteiger partial charge is 0.481 e. The number of fused-ring (bicyclic) bond motifs is 3. The third-order valence-corrected chi connectivity index (χ3v) is 6.18. The molecule has 1 unspecified atom stereocenters. The summed E-state index contributed by atoms with van der Waals surface area (Å²) in [7, 11) is 0. The van der Waals surface area contributed by atoms with E-state index in [0.29, 0.717) is 19.5 Å². The van der Waals surface area contributed by atoms with E-state index < -0.39 is 30.4 Å². The van der Waals surface area contributed by atoms with Crippen LogP contribution in [0.4, 0.5) is 4.79 Å². The highest BCUT2D eigenvalue weighted by Crippen LogP contribution is 2.44. The molecule has 178 valence electrons.